The van der Waals surface area contributed by atoms with Gasteiger partial charge in [-0.2, -0.15) is 0 Å². The van der Waals surface area contributed by atoms with Crippen LogP contribution in [0.2, 0.25) is 0 Å². The van der Waals surface area contributed by atoms with E-state index in [0.29, 0.717) is 0 Å². The first kappa shape index (κ1) is 7.30. The number of ether oxygens (including phenoxy) is 1. The van der Waals surface area contributed by atoms with Crippen LogP contribution < -0.4 is 5.32 Å². The lowest BCUT2D eigenvalue weighted by Gasteiger charge is -2.13. The summed E-state index contributed by atoms with van der Waals surface area (Å²) < 4.78 is 4.73. The molecule has 1 aliphatic heterocycles. The second-order valence-corrected chi connectivity index (χ2v) is 2.12. The number of nitrogens with zero attached hydrogens (tertiary/aromatic N) is 1. The van der Waals surface area contributed by atoms with Gasteiger partial charge in [0.2, 0.25) is 0 Å². The van der Waals surface area contributed by atoms with Crippen LogP contribution in [0, 0.1) is 0 Å². The number of methoxy groups -OCH3 is 1. The fourth-order valence-electron chi connectivity index (χ4n) is 0.580. The van der Waals surface area contributed by atoms with Crippen LogP contribution in [0.25, 0.3) is 0 Å². The predicted molar refractivity (Wildman–Crippen MR) is 40.0 cm³/mol. The summed E-state index contributed by atoms with van der Waals surface area (Å²) in [6.07, 6.45) is 0.785. The maximum atomic E-state index is 10.8. The number of amides is 1. The van der Waals surface area contributed by atoms with E-state index in [4.69, 9.17) is 4.74 Å². The molecule has 0 saturated heterocycles. The minimum atomic E-state index is -0.591. The number of hydrogen-bond donors (Lipinski definition) is 1. The molecule has 5 heteroatoms. The number of thiocarbonyl (C=S) groups is 1. The van der Waals surface area contributed by atoms with Gasteiger partial charge in [-0.15, -0.1) is 0 Å². The zero-order valence-corrected chi connectivity index (χ0v) is 6.14. The third-order valence-corrected chi connectivity index (χ3v) is 1.28. The Kier molecular flexibility index (Phi) is 2.08. The summed E-state index contributed by atoms with van der Waals surface area (Å²) in [7, 11) is 1.44. The molecule has 1 unspecified atom stereocenters. The molecule has 4 nitrogen and oxygen atoms in total. The van der Waals surface area contributed by atoms with Gasteiger partial charge in [0.25, 0.3) is 5.91 Å². The second-order valence-electron chi connectivity index (χ2n) is 1.73. The van der Waals surface area contributed by atoms with E-state index in [1.807, 2.05) is 0 Å². The van der Waals surface area contributed by atoms with E-state index in [1.54, 1.807) is 0 Å². The summed E-state index contributed by atoms with van der Waals surface area (Å²) in [6.45, 7) is 0. The van der Waals surface area contributed by atoms with Crippen LogP contribution in [0.3, 0.4) is 0 Å². The number of hydrogen-bond acceptors (Lipinski definition) is 3. The number of nitrogens with one attached hydrogen (secondary N) is 1. The SMILES string of the molecule is COC1C=NC(=S)NC1=O. The van der Waals surface area contributed by atoms with E-state index >= 15 is 0 Å². The average Bonchev–Trinajstić information content (AvgIpc) is 1.88. The number of rotatable bonds is 1. The van der Waals surface area contributed by atoms with E-state index in [9.17, 15) is 4.79 Å². The molecule has 0 aromatic heterocycles. The van der Waals surface area contributed by atoms with Gasteiger partial charge in [-0.3, -0.25) is 10.1 Å². The van der Waals surface area contributed by atoms with Gasteiger partial charge in [-0.1, -0.05) is 0 Å². The van der Waals surface area contributed by atoms with Crippen molar-refractivity contribution in [2.24, 2.45) is 4.99 Å². The first-order chi connectivity index (χ1) is 4.74. The molecule has 1 heterocycles. The maximum Gasteiger partial charge on any atom is 0.260 e. The van der Waals surface area contributed by atoms with Crippen LogP contribution in [0.4, 0.5) is 0 Å². The first-order valence-corrected chi connectivity index (χ1v) is 3.06. The Morgan fingerprint density at radius 3 is 3.10 bits per heavy atom. The third-order valence-electron chi connectivity index (χ3n) is 1.07. The van der Waals surface area contributed by atoms with Crippen LogP contribution in [-0.4, -0.2) is 30.4 Å². The fourth-order valence-corrected chi connectivity index (χ4v) is 0.741. The van der Waals surface area contributed by atoms with Crippen LogP contribution in [0.1, 0.15) is 0 Å². The van der Waals surface area contributed by atoms with Crippen molar-refractivity contribution in [2.45, 2.75) is 6.10 Å². The van der Waals surface area contributed by atoms with Crippen LogP contribution in [0.15, 0.2) is 4.99 Å². The highest BCUT2D eigenvalue weighted by Gasteiger charge is 2.19. The molecule has 1 rings (SSSR count). The third kappa shape index (κ3) is 1.37. The average molecular weight is 158 g/mol. The molecule has 0 aliphatic carbocycles. The quantitative estimate of drug-likeness (QED) is 0.523. The lowest BCUT2D eigenvalue weighted by atomic mass is 10.3. The Balaban J connectivity index is 2.71. The molecule has 0 bridgehead atoms. The zero-order valence-electron chi connectivity index (χ0n) is 5.33. The molecule has 0 radical (unpaired) electrons. The summed E-state index contributed by atoms with van der Waals surface area (Å²) in [6, 6.07) is 0. The van der Waals surface area contributed by atoms with Crippen LogP contribution >= 0.6 is 12.2 Å². The molecule has 0 saturated carbocycles. The van der Waals surface area contributed by atoms with E-state index in [2.05, 4.69) is 22.5 Å². The molecular weight excluding hydrogens is 152 g/mol. The molecule has 1 amide bonds. The first-order valence-electron chi connectivity index (χ1n) is 2.66. The zero-order chi connectivity index (χ0) is 7.56. The van der Waals surface area contributed by atoms with E-state index in [-0.39, 0.29) is 11.0 Å². The van der Waals surface area contributed by atoms with Gasteiger partial charge in [0.1, 0.15) is 0 Å². The Bertz CT molecular complexity index is 202. The minimum Gasteiger partial charge on any atom is -0.366 e. The van der Waals surface area contributed by atoms with Crippen LogP contribution in [-0.2, 0) is 9.53 Å². The summed E-state index contributed by atoms with van der Waals surface area (Å²) in [5.74, 6) is -0.262. The second kappa shape index (κ2) is 2.85. The Morgan fingerprint density at radius 2 is 2.60 bits per heavy atom. The molecule has 10 heavy (non-hydrogen) atoms. The highest BCUT2D eigenvalue weighted by atomic mass is 32.1. The number of carbonyl (C=O) groups excluding carboxylic acids is 1. The van der Waals surface area contributed by atoms with Gasteiger partial charge in [0.15, 0.2) is 11.2 Å². The van der Waals surface area contributed by atoms with E-state index in [0.717, 1.165) is 0 Å². The molecule has 54 valence electrons. The van der Waals surface area contributed by atoms with E-state index in [1.165, 1.54) is 13.3 Å². The van der Waals surface area contributed by atoms with Crippen molar-refractivity contribution < 1.29 is 9.53 Å². The highest BCUT2D eigenvalue weighted by Crippen LogP contribution is 1.93. The summed E-state index contributed by atoms with van der Waals surface area (Å²) in [5, 5.41) is 2.54. The Morgan fingerprint density at radius 1 is 1.90 bits per heavy atom. The topological polar surface area (TPSA) is 50.7 Å². The van der Waals surface area contributed by atoms with Gasteiger partial charge in [-0.05, 0) is 12.2 Å². The Labute approximate surface area is 63.3 Å². The lowest BCUT2D eigenvalue weighted by molar-refractivity contribution is -0.126. The minimum absolute atomic E-state index is 0.193. The van der Waals surface area contributed by atoms with Crippen molar-refractivity contribution in [1.29, 1.82) is 0 Å². The van der Waals surface area contributed by atoms with Crippen LogP contribution in [0.5, 0.6) is 0 Å². The van der Waals surface area contributed by atoms with Gasteiger partial charge < -0.3 is 4.74 Å². The number of aliphatic imine (C=N–C) groups is 1. The van der Waals surface area contributed by atoms with Crippen molar-refractivity contribution in [3.05, 3.63) is 0 Å². The van der Waals surface area contributed by atoms with Crippen molar-refractivity contribution >= 4 is 29.5 Å². The van der Waals surface area contributed by atoms with Gasteiger partial charge >= 0.3 is 0 Å². The normalized spacial score (nSPS) is 24.7. The Hall–Kier alpha value is -0.810. The predicted octanol–water partition coefficient (Wildman–Crippen LogP) is -0.513. The lowest BCUT2D eigenvalue weighted by Crippen LogP contribution is -2.43. The summed E-state index contributed by atoms with van der Waals surface area (Å²) in [5.41, 5.74) is 0. The molecule has 1 atom stereocenters. The van der Waals surface area contributed by atoms with Gasteiger partial charge in [0, 0.05) is 13.3 Å². The highest BCUT2D eigenvalue weighted by molar-refractivity contribution is 7.80. The standard InChI is InChI=1S/C5H6N2O2S/c1-9-3-2-6-5(10)7-4(3)8/h2-3H,1H3,(H,7,8,10). The van der Waals surface area contributed by atoms with Crippen molar-refractivity contribution in [2.75, 3.05) is 7.11 Å². The summed E-state index contributed by atoms with van der Waals surface area (Å²) in [4.78, 5) is 14.5. The van der Waals surface area contributed by atoms with Crippen molar-refractivity contribution in [3.8, 4) is 0 Å². The van der Waals surface area contributed by atoms with Gasteiger partial charge in [0.05, 0.1) is 0 Å². The molecular formula is C5H6N2O2S. The molecule has 0 fully saturated rings. The summed E-state index contributed by atoms with van der Waals surface area (Å²) >= 11 is 4.60. The monoisotopic (exact) mass is 158 g/mol. The molecule has 1 aliphatic rings. The van der Waals surface area contributed by atoms with Crippen molar-refractivity contribution in [1.82, 2.24) is 5.32 Å². The molecule has 0 spiro atoms. The van der Waals surface area contributed by atoms with Crippen molar-refractivity contribution in [3.63, 3.8) is 0 Å². The number of carbonyl (C=O) groups is 1. The molecule has 0 aromatic rings. The largest absolute Gasteiger partial charge is 0.366 e. The van der Waals surface area contributed by atoms with E-state index < -0.39 is 6.10 Å². The smallest absolute Gasteiger partial charge is 0.260 e. The van der Waals surface area contributed by atoms with Gasteiger partial charge in [-0.25, -0.2) is 4.99 Å². The molecule has 0 aromatic carbocycles. The fraction of sp³-hybridized carbons (Fsp3) is 0.400. The maximum absolute atomic E-state index is 10.8. The molecule has 1 N–H and O–H groups in total.